The van der Waals surface area contributed by atoms with Crippen LogP contribution in [0.2, 0.25) is 0 Å². The molecule has 4 unspecified atom stereocenters. The third-order valence-electron chi connectivity index (χ3n) is 8.59. The Kier molecular flexibility index (Phi) is 3.97. The minimum atomic E-state index is -4.12. The fourth-order valence-corrected chi connectivity index (χ4v) is 7.84. The molecule has 0 amide bonds. The van der Waals surface area contributed by atoms with Crippen LogP contribution in [0, 0.1) is 29.1 Å². The van der Waals surface area contributed by atoms with E-state index in [1.807, 2.05) is 34.6 Å². The van der Waals surface area contributed by atoms with Crippen molar-refractivity contribution in [3.05, 3.63) is 52.8 Å². The number of carbonyl (C=O) groups excluding carboxylic acids is 1. The number of allylic oxidation sites excluding steroid dienone is 2. The van der Waals surface area contributed by atoms with E-state index in [4.69, 9.17) is 13.7 Å². The molecule has 0 radical (unpaired) electrons. The van der Waals surface area contributed by atoms with E-state index in [0.717, 1.165) is 17.6 Å². The van der Waals surface area contributed by atoms with Gasteiger partial charge in [-0.15, -0.1) is 0 Å². The van der Waals surface area contributed by atoms with Crippen LogP contribution < -0.4 is 0 Å². The summed E-state index contributed by atoms with van der Waals surface area (Å²) in [6.07, 6.45) is 2.88. The summed E-state index contributed by atoms with van der Waals surface area (Å²) >= 11 is 0. The smallest absolute Gasteiger partial charge is 0.338 e. The summed E-state index contributed by atoms with van der Waals surface area (Å²) in [6, 6.07) is 6.55. The Hall–Kier alpha value is -1.96. The van der Waals surface area contributed by atoms with E-state index in [-0.39, 0.29) is 29.0 Å². The first-order valence-corrected chi connectivity index (χ1v) is 12.0. The molecule has 0 N–H and O–H groups in total. The molecule has 166 valence electrons. The van der Waals surface area contributed by atoms with E-state index in [9.17, 15) is 13.2 Å². The number of aryl methyl sites for hydroxylation is 1. The standard InChI is InChI=1S/C24H28O6S/c1-14-7-10-17(11-8-14)31(26,27)30-19-16(3)23-15(2)9-12-18(23)21(4)13-29-24(28-6,20(23)25)22(19,21)5/h7-8,10-12,15H,9,13H2,1-6H3/t15-,21?,22?,23?,24?/m0/s1. The normalized spacial score (nSPS) is 40.9. The summed E-state index contributed by atoms with van der Waals surface area (Å²) in [5.74, 6) is -1.50. The lowest BCUT2D eigenvalue weighted by Gasteiger charge is -2.62. The molecule has 5 atom stereocenters. The molecule has 6 rings (SSSR count). The van der Waals surface area contributed by atoms with Gasteiger partial charge < -0.3 is 13.7 Å². The Balaban J connectivity index is 1.78. The van der Waals surface area contributed by atoms with E-state index in [1.165, 1.54) is 19.2 Å². The lowest BCUT2D eigenvalue weighted by Crippen LogP contribution is -2.72. The second-order valence-corrected chi connectivity index (χ2v) is 11.3. The van der Waals surface area contributed by atoms with Crippen molar-refractivity contribution in [3.8, 4) is 0 Å². The summed E-state index contributed by atoms with van der Waals surface area (Å²) < 4.78 is 44.6. The van der Waals surface area contributed by atoms with Gasteiger partial charge in [0, 0.05) is 12.5 Å². The van der Waals surface area contributed by atoms with Crippen molar-refractivity contribution in [1.82, 2.24) is 0 Å². The minimum Gasteiger partial charge on any atom is -0.383 e. The third kappa shape index (κ3) is 1.98. The number of rotatable bonds is 4. The number of methoxy groups -OCH3 is 1. The van der Waals surface area contributed by atoms with Crippen molar-refractivity contribution in [2.24, 2.45) is 22.2 Å². The van der Waals surface area contributed by atoms with Gasteiger partial charge in [0.1, 0.15) is 10.7 Å². The molecule has 1 saturated heterocycles. The first-order valence-electron chi connectivity index (χ1n) is 10.6. The summed E-state index contributed by atoms with van der Waals surface area (Å²) in [5, 5.41) is 0. The maximum absolute atomic E-state index is 14.1. The zero-order valence-electron chi connectivity index (χ0n) is 18.7. The molecule has 4 bridgehead atoms. The summed E-state index contributed by atoms with van der Waals surface area (Å²) in [6.45, 7) is 9.88. The molecule has 2 fully saturated rings. The van der Waals surface area contributed by atoms with Crippen LogP contribution in [0.4, 0.5) is 0 Å². The SMILES string of the molecule is COC12OCC3(C)C4=CC[C@H](C)C4(C1=O)C(C)=C(OS(=O)(=O)c1ccc(C)cc1)C32C. The lowest BCUT2D eigenvalue weighted by molar-refractivity contribution is -0.248. The number of carbonyl (C=O) groups is 1. The van der Waals surface area contributed by atoms with Crippen molar-refractivity contribution in [2.75, 3.05) is 13.7 Å². The van der Waals surface area contributed by atoms with Gasteiger partial charge in [-0.3, -0.25) is 4.79 Å². The second kappa shape index (κ2) is 5.88. The number of hydrogen-bond acceptors (Lipinski definition) is 6. The second-order valence-electron chi connectivity index (χ2n) is 9.76. The number of ketones is 1. The Morgan fingerprint density at radius 1 is 1.13 bits per heavy atom. The van der Waals surface area contributed by atoms with Crippen molar-refractivity contribution in [2.45, 2.75) is 51.7 Å². The molecule has 1 aromatic rings. The van der Waals surface area contributed by atoms with Crippen LogP contribution in [0.5, 0.6) is 0 Å². The molecule has 7 heteroatoms. The first-order chi connectivity index (χ1) is 14.4. The molecule has 1 aromatic carbocycles. The predicted octanol–water partition coefficient (Wildman–Crippen LogP) is 3.91. The molecule has 1 saturated carbocycles. The molecule has 4 aliphatic carbocycles. The van der Waals surface area contributed by atoms with Gasteiger partial charge in [-0.1, -0.05) is 37.6 Å². The zero-order chi connectivity index (χ0) is 22.6. The molecule has 6 nitrogen and oxygen atoms in total. The van der Waals surface area contributed by atoms with E-state index >= 15 is 0 Å². The van der Waals surface area contributed by atoms with E-state index in [2.05, 4.69) is 6.08 Å². The van der Waals surface area contributed by atoms with E-state index in [1.54, 1.807) is 12.1 Å². The van der Waals surface area contributed by atoms with Gasteiger partial charge in [0.25, 0.3) is 0 Å². The largest absolute Gasteiger partial charge is 0.383 e. The Bertz CT molecular complexity index is 1180. The highest BCUT2D eigenvalue weighted by Gasteiger charge is 2.86. The van der Waals surface area contributed by atoms with Crippen LogP contribution in [0.25, 0.3) is 0 Å². The number of hydrogen-bond donors (Lipinski definition) is 0. The number of Topliss-reactive ketones (excluding diaryl/α,β-unsaturated/α-hetero) is 1. The molecule has 1 aliphatic heterocycles. The van der Waals surface area contributed by atoms with Gasteiger partial charge in [-0.2, -0.15) is 8.42 Å². The zero-order valence-corrected chi connectivity index (χ0v) is 19.6. The predicted molar refractivity (Wildman–Crippen MR) is 113 cm³/mol. The first kappa shape index (κ1) is 20.9. The third-order valence-corrected chi connectivity index (χ3v) is 9.83. The fourth-order valence-electron chi connectivity index (χ4n) is 6.76. The molecule has 31 heavy (non-hydrogen) atoms. The van der Waals surface area contributed by atoms with Crippen LogP contribution in [0.15, 0.2) is 52.1 Å². The lowest BCUT2D eigenvalue weighted by atomic mass is 9.40. The highest BCUT2D eigenvalue weighted by atomic mass is 32.2. The van der Waals surface area contributed by atoms with Crippen LogP contribution in [-0.2, 0) is 28.6 Å². The van der Waals surface area contributed by atoms with Gasteiger partial charge >= 0.3 is 10.1 Å². The Morgan fingerprint density at radius 2 is 1.77 bits per heavy atom. The van der Waals surface area contributed by atoms with E-state index < -0.39 is 32.2 Å². The van der Waals surface area contributed by atoms with Crippen LogP contribution in [0.3, 0.4) is 0 Å². The number of ether oxygens (including phenoxy) is 2. The van der Waals surface area contributed by atoms with Crippen molar-refractivity contribution in [1.29, 1.82) is 0 Å². The van der Waals surface area contributed by atoms with Crippen LogP contribution in [0.1, 0.15) is 39.7 Å². The van der Waals surface area contributed by atoms with Gasteiger partial charge in [0.05, 0.1) is 17.4 Å². The maximum atomic E-state index is 14.1. The van der Waals surface area contributed by atoms with Gasteiger partial charge in [-0.05, 0) is 56.4 Å². The Labute approximate surface area is 183 Å². The van der Waals surface area contributed by atoms with E-state index in [0.29, 0.717) is 5.57 Å². The van der Waals surface area contributed by atoms with Crippen LogP contribution >= 0.6 is 0 Å². The number of benzene rings is 1. The molecular formula is C24H28O6S. The highest BCUT2D eigenvalue weighted by Crippen LogP contribution is 2.79. The fraction of sp³-hybridized carbons (Fsp3) is 0.542. The molecule has 0 aromatic heterocycles. The molecular weight excluding hydrogens is 416 g/mol. The van der Waals surface area contributed by atoms with Gasteiger partial charge in [0.15, 0.2) is 0 Å². The Morgan fingerprint density at radius 3 is 2.39 bits per heavy atom. The highest BCUT2D eigenvalue weighted by molar-refractivity contribution is 7.86. The monoisotopic (exact) mass is 444 g/mol. The quantitative estimate of drug-likeness (QED) is 0.518. The molecule has 1 spiro atoms. The average molecular weight is 445 g/mol. The van der Waals surface area contributed by atoms with Crippen molar-refractivity contribution < 1.29 is 26.9 Å². The van der Waals surface area contributed by atoms with Crippen molar-refractivity contribution >= 4 is 15.9 Å². The maximum Gasteiger partial charge on any atom is 0.338 e. The van der Waals surface area contributed by atoms with Gasteiger partial charge in [0.2, 0.25) is 11.6 Å². The summed E-state index contributed by atoms with van der Waals surface area (Å²) in [5.41, 5.74) is -0.0957. The summed E-state index contributed by atoms with van der Waals surface area (Å²) in [4.78, 5) is 14.1. The average Bonchev–Trinajstić information content (AvgIpc) is 3.17. The van der Waals surface area contributed by atoms with Crippen molar-refractivity contribution in [3.63, 3.8) is 0 Å². The van der Waals surface area contributed by atoms with Gasteiger partial charge in [-0.25, -0.2) is 0 Å². The molecule has 5 aliphatic rings. The minimum absolute atomic E-state index is 0.0453. The summed E-state index contributed by atoms with van der Waals surface area (Å²) in [7, 11) is -2.66. The van der Waals surface area contributed by atoms with Crippen LogP contribution in [-0.4, -0.2) is 33.7 Å². The topological polar surface area (TPSA) is 78.9 Å². The molecule has 1 heterocycles.